The smallest absolute Gasteiger partial charge is 0.151 e. The largest absolute Gasteiger partial charge is 0.382 e. The average molecular weight is 434 g/mol. The van der Waals surface area contributed by atoms with Crippen LogP contribution in [-0.2, 0) is 6.42 Å². The van der Waals surface area contributed by atoms with Gasteiger partial charge in [0, 0.05) is 53.7 Å². The highest BCUT2D eigenvalue weighted by atomic mass is 15.1. The van der Waals surface area contributed by atoms with Crippen molar-refractivity contribution >= 4 is 40.7 Å². The summed E-state index contributed by atoms with van der Waals surface area (Å²) in [6, 6.07) is 0.471. The van der Waals surface area contributed by atoms with E-state index in [9.17, 15) is 0 Å². The van der Waals surface area contributed by atoms with Crippen molar-refractivity contribution in [3.63, 3.8) is 0 Å². The molecule has 1 saturated carbocycles. The van der Waals surface area contributed by atoms with Crippen LogP contribution in [0.1, 0.15) is 44.4 Å². The molecule has 0 aromatic carbocycles. The van der Waals surface area contributed by atoms with Crippen LogP contribution in [0.3, 0.4) is 0 Å². The minimum absolute atomic E-state index is 0.209. The number of rotatable bonds is 9. The van der Waals surface area contributed by atoms with Crippen molar-refractivity contribution < 1.29 is 0 Å². The van der Waals surface area contributed by atoms with Crippen molar-refractivity contribution in [2.24, 2.45) is 5.73 Å². The molecule has 0 spiro atoms. The minimum atomic E-state index is 0.209. The van der Waals surface area contributed by atoms with Crippen LogP contribution >= 0.6 is 0 Å². The summed E-state index contributed by atoms with van der Waals surface area (Å²) in [4.78, 5) is 14.0. The number of allylic oxidation sites excluding steroid dienone is 4. The molecule has 1 aliphatic rings. The van der Waals surface area contributed by atoms with Gasteiger partial charge in [0.05, 0.1) is 5.69 Å². The van der Waals surface area contributed by atoms with E-state index in [0.717, 1.165) is 30.8 Å². The van der Waals surface area contributed by atoms with Crippen LogP contribution in [0.5, 0.6) is 0 Å². The molecule has 0 amide bonds. The zero-order valence-corrected chi connectivity index (χ0v) is 18.5. The van der Waals surface area contributed by atoms with E-state index in [2.05, 4.69) is 15.6 Å². The summed E-state index contributed by atoms with van der Waals surface area (Å²) in [7, 11) is 0. The van der Waals surface area contributed by atoms with E-state index in [1.54, 1.807) is 18.5 Å². The van der Waals surface area contributed by atoms with Gasteiger partial charge in [-0.3, -0.25) is 0 Å². The van der Waals surface area contributed by atoms with E-state index in [4.69, 9.17) is 32.3 Å². The van der Waals surface area contributed by atoms with E-state index >= 15 is 0 Å². The average Bonchev–Trinajstić information content (AvgIpc) is 3.19. The van der Waals surface area contributed by atoms with E-state index in [1.807, 2.05) is 26.0 Å². The van der Waals surface area contributed by atoms with Gasteiger partial charge in [-0.25, -0.2) is 15.0 Å². The Kier molecular flexibility index (Phi) is 7.67. The number of aromatic nitrogens is 3. The first-order chi connectivity index (χ1) is 15.5. The third-order valence-electron chi connectivity index (χ3n) is 5.42. The molecule has 0 radical (unpaired) electrons. The van der Waals surface area contributed by atoms with Gasteiger partial charge in [-0.05, 0) is 44.8 Å². The Morgan fingerprint density at radius 2 is 2.06 bits per heavy atom. The first-order valence-electron chi connectivity index (χ1n) is 10.8. The molecule has 2 aromatic heterocycles. The topological polar surface area (TPSA) is 162 Å². The number of fused-ring (bicyclic) bond motifs is 1. The maximum absolute atomic E-state index is 7.96. The summed E-state index contributed by atoms with van der Waals surface area (Å²) in [6.07, 6.45) is 14.6. The number of nitrogens with zero attached hydrogens (tertiary/aromatic N) is 3. The van der Waals surface area contributed by atoms with Crippen molar-refractivity contribution in [1.82, 2.24) is 20.3 Å². The van der Waals surface area contributed by atoms with Crippen LogP contribution in [0.15, 0.2) is 36.3 Å². The molecule has 9 nitrogen and oxygen atoms in total. The van der Waals surface area contributed by atoms with Gasteiger partial charge in [0.2, 0.25) is 0 Å². The monoisotopic (exact) mass is 433 g/mol. The maximum atomic E-state index is 7.96. The number of nitrogens with two attached hydrogens (primary N) is 2. The molecule has 1 aliphatic carbocycles. The van der Waals surface area contributed by atoms with Crippen LogP contribution in [0.4, 0.5) is 11.6 Å². The third-order valence-corrected chi connectivity index (χ3v) is 5.42. The standard InChI is InChI=1S/C23H31N9/c1-3-5-16(8-9-24)28-12-14(11-25)18-13-29-22(27)21-20(18)32-23(19(4-2)31-21)30-17-7-6-15(26)10-17/h3,5,8-9,11-13,15,17,24-25,28H,4,6-7,10,26H2,1-2H3,(H2,27,29)(H,30,32)/b5-3+,14-12+,16-8+,24-9?,25-11?. The van der Waals surface area contributed by atoms with Gasteiger partial charge in [-0.2, -0.15) is 0 Å². The molecule has 2 atom stereocenters. The number of anilines is 2. The molecule has 168 valence electrons. The summed E-state index contributed by atoms with van der Waals surface area (Å²) >= 11 is 0. The fourth-order valence-electron chi connectivity index (χ4n) is 3.79. The molecular formula is C23H31N9. The highest BCUT2D eigenvalue weighted by Crippen LogP contribution is 2.29. The van der Waals surface area contributed by atoms with Crippen molar-refractivity contribution in [1.29, 1.82) is 10.8 Å². The molecule has 8 N–H and O–H groups in total. The lowest BCUT2D eigenvalue weighted by molar-refractivity contribution is 0.686. The molecular weight excluding hydrogens is 402 g/mol. The SMILES string of the molecule is C/C=C/C(=C\C=N)N/C=C(\C=N)c1cnc(N)c2nc(CC)c(NC3CCC(N)C3)nc12. The number of pyridine rings is 1. The number of nitrogen functional groups attached to an aromatic ring is 1. The summed E-state index contributed by atoms with van der Waals surface area (Å²) in [5, 5.41) is 21.9. The summed E-state index contributed by atoms with van der Waals surface area (Å²) in [5.41, 5.74) is 16.1. The zero-order valence-electron chi connectivity index (χ0n) is 18.5. The molecule has 0 saturated heterocycles. The first-order valence-corrected chi connectivity index (χ1v) is 10.8. The van der Waals surface area contributed by atoms with Gasteiger partial charge in [0.25, 0.3) is 0 Å². The number of nitrogens with one attached hydrogen (secondary N) is 4. The normalized spacial score (nSPS) is 19.5. The van der Waals surface area contributed by atoms with Crippen molar-refractivity contribution in [3.05, 3.63) is 47.6 Å². The molecule has 2 unspecified atom stereocenters. The lowest BCUT2D eigenvalue weighted by Crippen LogP contribution is -2.22. The van der Waals surface area contributed by atoms with Gasteiger partial charge < -0.3 is 32.9 Å². The van der Waals surface area contributed by atoms with E-state index < -0.39 is 0 Å². The van der Waals surface area contributed by atoms with Crippen LogP contribution in [0.2, 0.25) is 0 Å². The second-order valence-electron chi connectivity index (χ2n) is 7.72. The number of hydrogen-bond donors (Lipinski definition) is 6. The third kappa shape index (κ3) is 5.17. The Morgan fingerprint density at radius 1 is 1.25 bits per heavy atom. The molecule has 3 rings (SSSR count). The van der Waals surface area contributed by atoms with Gasteiger partial charge >= 0.3 is 0 Å². The predicted octanol–water partition coefficient (Wildman–Crippen LogP) is 3.15. The van der Waals surface area contributed by atoms with Crippen LogP contribution in [0.25, 0.3) is 16.6 Å². The zero-order chi connectivity index (χ0) is 23.1. The Hall–Kier alpha value is -3.59. The molecule has 2 aromatic rings. The van der Waals surface area contributed by atoms with E-state index in [-0.39, 0.29) is 12.1 Å². The van der Waals surface area contributed by atoms with Gasteiger partial charge in [0.15, 0.2) is 5.82 Å². The maximum Gasteiger partial charge on any atom is 0.151 e. The summed E-state index contributed by atoms with van der Waals surface area (Å²) < 4.78 is 0. The lowest BCUT2D eigenvalue weighted by atomic mass is 10.1. The molecule has 0 bridgehead atoms. The van der Waals surface area contributed by atoms with Crippen LogP contribution in [0, 0.1) is 10.8 Å². The minimum Gasteiger partial charge on any atom is -0.382 e. The predicted molar refractivity (Wildman–Crippen MR) is 132 cm³/mol. The highest BCUT2D eigenvalue weighted by molar-refractivity contribution is 6.13. The Bertz CT molecular complexity index is 1080. The van der Waals surface area contributed by atoms with Crippen molar-refractivity contribution in [2.45, 2.75) is 51.6 Å². The second kappa shape index (κ2) is 10.6. The Morgan fingerprint density at radius 3 is 2.69 bits per heavy atom. The molecule has 2 heterocycles. The number of aryl methyl sites for hydroxylation is 1. The molecule has 32 heavy (non-hydrogen) atoms. The van der Waals surface area contributed by atoms with Gasteiger partial charge in [-0.15, -0.1) is 0 Å². The summed E-state index contributed by atoms with van der Waals surface area (Å²) in [6.45, 7) is 3.92. The quantitative estimate of drug-likeness (QED) is 0.261. The summed E-state index contributed by atoms with van der Waals surface area (Å²) in [5.74, 6) is 1.03. The Balaban J connectivity index is 2.07. The van der Waals surface area contributed by atoms with E-state index in [1.165, 1.54) is 12.4 Å². The number of hydrogen-bond acceptors (Lipinski definition) is 9. The van der Waals surface area contributed by atoms with E-state index in [0.29, 0.717) is 40.1 Å². The van der Waals surface area contributed by atoms with Crippen LogP contribution in [-0.4, -0.2) is 39.5 Å². The molecule has 9 heteroatoms. The fraction of sp³-hybridized carbons (Fsp3) is 0.348. The van der Waals surface area contributed by atoms with Crippen molar-refractivity contribution in [3.8, 4) is 0 Å². The van der Waals surface area contributed by atoms with Gasteiger partial charge in [-0.1, -0.05) is 13.0 Å². The van der Waals surface area contributed by atoms with Crippen molar-refractivity contribution in [2.75, 3.05) is 11.1 Å². The molecule has 1 fully saturated rings. The van der Waals surface area contributed by atoms with Gasteiger partial charge in [0.1, 0.15) is 16.9 Å². The first kappa shape index (κ1) is 23.1. The molecule has 0 aliphatic heterocycles. The lowest BCUT2D eigenvalue weighted by Gasteiger charge is -2.17. The van der Waals surface area contributed by atoms with Crippen LogP contribution < -0.4 is 22.1 Å². The second-order valence-corrected chi connectivity index (χ2v) is 7.72. The fourth-order valence-corrected chi connectivity index (χ4v) is 3.79. The highest BCUT2D eigenvalue weighted by Gasteiger charge is 2.23. The Labute approximate surface area is 188 Å².